The van der Waals surface area contributed by atoms with Crippen LogP contribution in [-0.2, 0) is 0 Å². The predicted molar refractivity (Wildman–Crippen MR) is 74.3 cm³/mol. The average Bonchev–Trinajstić information content (AvgIpc) is 2.80. The zero-order valence-corrected chi connectivity index (χ0v) is 12.1. The van der Waals surface area contributed by atoms with Crippen molar-refractivity contribution in [2.45, 2.75) is 25.7 Å². The van der Waals surface area contributed by atoms with Crippen molar-refractivity contribution in [2.24, 2.45) is 5.41 Å². The van der Waals surface area contributed by atoms with E-state index in [1.54, 1.807) is 12.1 Å². The van der Waals surface area contributed by atoms with Crippen LogP contribution in [0.3, 0.4) is 0 Å². The molecule has 1 nitrogen and oxygen atoms in total. The highest BCUT2D eigenvalue weighted by Crippen LogP contribution is 2.39. The summed E-state index contributed by atoms with van der Waals surface area (Å²) in [6.07, 6.45) is 4.72. The van der Waals surface area contributed by atoms with Gasteiger partial charge in [0, 0.05) is 9.89 Å². The van der Waals surface area contributed by atoms with Gasteiger partial charge in [0.1, 0.15) is 0 Å². The normalized spacial score (nSPS) is 18.3. The van der Waals surface area contributed by atoms with Gasteiger partial charge in [-0.1, -0.05) is 28.8 Å². The van der Waals surface area contributed by atoms with Gasteiger partial charge >= 0.3 is 0 Å². The molecule has 1 aromatic rings. The van der Waals surface area contributed by atoms with Gasteiger partial charge in [-0.3, -0.25) is 0 Å². The summed E-state index contributed by atoms with van der Waals surface area (Å²) in [6.45, 7) is 0.559. The monoisotopic (exact) mass is 318 g/mol. The van der Waals surface area contributed by atoms with Crippen molar-refractivity contribution in [3.8, 4) is 5.75 Å². The second-order valence-corrected chi connectivity index (χ2v) is 5.96. The number of benzene rings is 1. The Morgan fingerprint density at radius 1 is 1.35 bits per heavy atom. The van der Waals surface area contributed by atoms with Crippen LogP contribution in [0.5, 0.6) is 5.75 Å². The molecule has 1 aliphatic rings. The Kier molecular flexibility index (Phi) is 4.36. The summed E-state index contributed by atoms with van der Waals surface area (Å²) in [5.41, 5.74) is 0.137. The molecule has 0 amide bonds. The maximum Gasteiger partial charge on any atom is 0.165 e. The highest BCUT2D eigenvalue weighted by atomic mass is 79.9. The van der Waals surface area contributed by atoms with Crippen molar-refractivity contribution in [3.63, 3.8) is 0 Å². The van der Waals surface area contributed by atoms with Crippen LogP contribution in [-0.4, -0.2) is 12.4 Å². The molecule has 4 heteroatoms. The zero-order valence-electron chi connectivity index (χ0n) is 9.59. The molecule has 0 spiro atoms. The molecule has 1 saturated carbocycles. The van der Waals surface area contributed by atoms with Gasteiger partial charge < -0.3 is 4.74 Å². The summed E-state index contributed by atoms with van der Waals surface area (Å²) in [6, 6.07) is 4.77. The first kappa shape index (κ1) is 13.2. The molecule has 0 unspecified atom stereocenters. The standard InChI is InChI=1S/C13H16BrFOS/c14-10-3-4-11(15)12(7-10)16-8-13(9-17)5-1-2-6-13/h3-4,7,17H,1-2,5-6,8-9H2. The number of hydrogen-bond acceptors (Lipinski definition) is 2. The lowest BCUT2D eigenvalue weighted by Crippen LogP contribution is -2.27. The first-order valence-electron chi connectivity index (χ1n) is 5.84. The third-order valence-electron chi connectivity index (χ3n) is 3.43. The van der Waals surface area contributed by atoms with Gasteiger partial charge in [0.25, 0.3) is 0 Å². The van der Waals surface area contributed by atoms with E-state index < -0.39 is 0 Å². The first-order chi connectivity index (χ1) is 8.15. The third kappa shape index (κ3) is 3.16. The van der Waals surface area contributed by atoms with Crippen LogP contribution in [0.4, 0.5) is 4.39 Å². The van der Waals surface area contributed by atoms with E-state index in [0.29, 0.717) is 12.4 Å². The highest BCUT2D eigenvalue weighted by molar-refractivity contribution is 9.10. The van der Waals surface area contributed by atoms with E-state index in [0.717, 1.165) is 23.1 Å². The van der Waals surface area contributed by atoms with Gasteiger partial charge in [-0.05, 0) is 36.8 Å². The van der Waals surface area contributed by atoms with Crippen LogP contribution < -0.4 is 4.74 Å². The molecular formula is C13H16BrFOS. The second-order valence-electron chi connectivity index (χ2n) is 4.73. The zero-order chi connectivity index (χ0) is 12.3. The van der Waals surface area contributed by atoms with Gasteiger partial charge in [0.05, 0.1) is 6.61 Å². The van der Waals surface area contributed by atoms with Crippen molar-refractivity contribution >= 4 is 28.6 Å². The van der Waals surface area contributed by atoms with Crippen LogP contribution in [0.2, 0.25) is 0 Å². The molecule has 0 N–H and O–H groups in total. The Morgan fingerprint density at radius 3 is 2.71 bits per heavy atom. The van der Waals surface area contributed by atoms with Crippen LogP contribution in [0, 0.1) is 11.2 Å². The number of thiol groups is 1. The Bertz CT molecular complexity index is 391. The largest absolute Gasteiger partial charge is 0.490 e. The molecule has 0 aliphatic heterocycles. The van der Waals surface area contributed by atoms with Crippen LogP contribution in [0.1, 0.15) is 25.7 Å². The minimum atomic E-state index is -0.305. The third-order valence-corrected chi connectivity index (χ3v) is 4.59. The van der Waals surface area contributed by atoms with Crippen molar-refractivity contribution in [1.82, 2.24) is 0 Å². The quantitative estimate of drug-likeness (QED) is 0.806. The lowest BCUT2D eigenvalue weighted by atomic mass is 9.90. The molecule has 0 bridgehead atoms. The van der Waals surface area contributed by atoms with Crippen molar-refractivity contribution in [2.75, 3.05) is 12.4 Å². The number of ether oxygens (including phenoxy) is 1. The van der Waals surface area contributed by atoms with Gasteiger partial charge in [0.2, 0.25) is 0 Å². The predicted octanol–water partition coefficient (Wildman–Crippen LogP) is 4.46. The Hall–Kier alpha value is -0.220. The van der Waals surface area contributed by atoms with Gasteiger partial charge in [0.15, 0.2) is 11.6 Å². The Morgan fingerprint density at radius 2 is 2.06 bits per heavy atom. The number of halogens is 2. The molecule has 1 fully saturated rings. The first-order valence-corrected chi connectivity index (χ1v) is 7.26. The topological polar surface area (TPSA) is 9.23 Å². The molecule has 0 aromatic heterocycles. The second kappa shape index (κ2) is 5.61. The summed E-state index contributed by atoms with van der Waals surface area (Å²) in [5, 5.41) is 0. The van der Waals surface area contributed by atoms with Crippen LogP contribution in [0.15, 0.2) is 22.7 Å². The van der Waals surface area contributed by atoms with E-state index in [2.05, 4.69) is 28.6 Å². The fourth-order valence-corrected chi connectivity index (χ4v) is 3.04. The van der Waals surface area contributed by atoms with Crippen LogP contribution in [0.25, 0.3) is 0 Å². The van der Waals surface area contributed by atoms with Gasteiger partial charge in [-0.25, -0.2) is 4.39 Å². The molecule has 0 heterocycles. The molecular weight excluding hydrogens is 303 g/mol. The average molecular weight is 319 g/mol. The summed E-state index contributed by atoms with van der Waals surface area (Å²) in [7, 11) is 0. The van der Waals surface area contributed by atoms with Crippen LogP contribution >= 0.6 is 28.6 Å². The van der Waals surface area contributed by atoms with E-state index in [9.17, 15) is 4.39 Å². The molecule has 17 heavy (non-hydrogen) atoms. The maximum atomic E-state index is 13.5. The summed E-state index contributed by atoms with van der Waals surface area (Å²) in [5.74, 6) is 0.829. The molecule has 2 rings (SSSR count). The number of hydrogen-bond donors (Lipinski definition) is 1. The fourth-order valence-electron chi connectivity index (χ4n) is 2.29. The molecule has 1 aliphatic carbocycles. The molecule has 0 saturated heterocycles. The van der Waals surface area contributed by atoms with E-state index in [4.69, 9.17) is 4.74 Å². The van der Waals surface area contributed by atoms with E-state index in [1.165, 1.54) is 18.9 Å². The van der Waals surface area contributed by atoms with Crippen molar-refractivity contribution in [3.05, 3.63) is 28.5 Å². The highest BCUT2D eigenvalue weighted by Gasteiger charge is 2.33. The molecule has 0 atom stereocenters. The lowest BCUT2D eigenvalue weighted by molar-refractivity contribution is 0.167. The lowest BCUT2D eigenvalue weighted by Gasteiger charge is -2.26. The minimum Gasteiger partial charge on any atom is -0.490 e. The molecule has 94 valence electrons. The summed E-state index contributed by atoms with van der Waals surface area (Å²) in [4.78, 5) is 0. The molecule has 1 aromatic carbocycles. The Labute approximate surface area is 115 Å². The van der Waals surface area contributed by atoms with E-state index in [-0.39, 0.29) is 11.2 Å². The summed E-state index contributed by atoms with van der Waals surface area (Å²) < 4.78 is 20.0. The van der Waals surface area contributed by atoms with Crippen molar-refractivity contribution < 1.29 is 9.13 Å². The number of rotatable bonds is 4. The fraction of sp³-hybridized carbons (Fsp3) is 0.538. The van der Waals surface area contributed by atoms with Crippen molar-refractivity contribution in [1.29, 1.82) is 0 Å². The Balaban J connectivity index is 2.03. The summed E-state index contributed by atoms with van der Waals surface area (Å²) >= 11 is 7.73. The molecule has 0 radical (unpaired) electrons. The SMILES string of the molecule is Fc1ccc(Br)cc1OCC1(CS)CCCC1. The van der Waals surface area contributed by atoms with Gasteiger partial charge in [-0.15, -0.1) is 0 Å². The van der Waals surface area contributed by atoms with Gasteiger partial charge in [-0.2, -0.15) is 12.6 Å². The smallest absolute Gasteiger partial charge is 0.165 e. The van der Waals surface area contributed by atoms with E-state index in [1.807, 2.05) is 0 Å². The maximum absolute atomic E-state index is 13.5. The minimum absolute atomic E-state index is 0.137. The van der Waals surface area contributed by atoms with E-state index >= 15 is 0 Å².